The molecule has 1 aliphatic carbocycles. The van der Waals surface area contributed by atoms with Crippen molar-refractivity contribution in [3.8, 4) is 0 Å². The molecule has 2 atom stereocenters. The molecule has 0 radical (unpaired) electrons. The summed E-state index contributed by atoms with van der Waals surface area (Å²) in [5.41, 5.74) is -0.288. The summed E-state index contributed by atoms with van der Waals surface area (Å²) in [7, 11) is 0. The Bertz CT molecular complexity index is 966. The van der Waals surface area contributed by atoms with Crippen molar-refractivity contribution in [1.82, 2.24) is 15.1 Å². The molecule has 2 fully saturated rings. The zero-order chi connectivity index (χ0) is 21.5. The Hall–Kier alpha value is -3.09. The van der Waals surface area contributed by atoms with E-state index in [1.807, 2.05) is 37.3 Å². The monoisotopic (exact) mass is 409 g/mol. The van der Waals surface area contributed by atoms with Gasteiger partial charge < -0.3 is 14.6 Å². The van der Waals surface area contributed by atoms with E-state index in [0.717, 1.165) is 23.3 Å². The predicted octanol–water partition coefficient (Wildman–Crippen LogP) is 3.18. The fraction of sp³-hybridized carbons (Fsp3) is 0.435. The lowest BCUT2D eigenvalue weighted by atomic mass is 9.99. The van der Waals surface area contributed by atoms with Gasteiger partial charge in [-0.1, -0.05) is 30.3 Å². The van der Waals surface area contributed by atoms with Crippen molar-refractivity contribution in [2.75, 3.05) is 6.54 Å². The average Bonchev–Trinajstić information content (AvgIpc) is 3.45. The summed E-state index contributed by atoms with van der Waals surface area (Å²) in [4.78, 5) is 41.7. The molecule has 0 bridgehead atoms. The zero-order valence-corrected chi connectivity index (χ0v) is 17.6. The zero-order valence-electron chi connectivity index (χ0n) is 17.6. The first-order valence-electron chi connectivity index (χ1n) is 10.3. The summed E-state index contributed by atoms with van der Waals surface area (Å²) in [5, 5.41) is 2.69. The van der Waals surface area contributed by atoms with E-state index >= 15 is 0 Å². The lowest BCUT2D eigenvalue weighted by Gasteiger charge is -2.31. The first kappa shape index (κ1) is 20.2. The van der Waals surface area contributed by atoms with Gasteiger partial charge in [-0.05, 0) is 57.2 Å². The molecule has 2 heterocycles. The number of rotatable bonds is 7. The number of nitrogens with one attached hydrogen (secondary N) is 1. The van der Waals surface area contributed by atoms with E-state index in [-0.39, 0.29) is 18.5 Å². The third-order valence-electron chi connectivity index (χ3n) is 6.11. The van der Waals surface area contributed by atoms with Crippen LogP contribution in [-0.2, 0) is 21.7 Å². The summed E-state index contributed by atoms with van der Waals surface area (Å²) in [6.07, 6.45) is 2.19. The number of aryl methyl sites for hydroxylation is 1. The number of nitrogens with zero attached hydrogens (tertiary/aromatic N) is 2. The first-order valence-corrected chi connectivity index (χ1v) is 10.3. The van der Waals surface area contributed by atoms with Crippen LogP contribution < -0.4 is 5.32 Å². The maximum atomic E-state index is 13.2. The van der Waals surface area contributed by atoms with Crippen LogP contribution in [0.2, 0.25) is 0 Å². The van der Waals surface area contributed by atoms with Gasteiger partial charge >= 0.3 is 6.03 Å². The normalized spacial score (nSPS) is 22.2. The minimum atomic E-state index is -1.31. The molecule has 1 saturated carbocycles. The summed E-state index contributed by atoms with van der Waals surface area (Å²) >= 11 is 0. The van der Waals surface area contributed by atoms with E-state index in [4.69, 9.17) is 4.42 Å². The maximum Gasteiger partial charge on any atom is 0.325 e. The number of urea groups is 1. The Morgan fingerprint density at radius 1 is 1.23 bits per heavy atom. The van der Waals surface area contributed by atoms with Crippen LogP contribution in [0, 0.1) is 12.8 Å². The lowest BCUT2D eigenvalue weighted by Crippen LogP contribution is -2.47. The largest absolute Gasteiger partial charge is 0.463 e. The molecule has 4 amide bonds. The van der Waals surface area contributed by atoms with Gasteiger partial charge in [0.2, 0.25) is 5.91 Å². The molecule has 7 heteroatoms. The van der Waals surface area contributed by atoms with Gasteiger partial charge in [0, 0.05) is 12.6 Å². The van der Waals surface area contributed by atoms with Gasteiger partial charge in [-0.2, -0.15) is 0 Å². The molecule has 1 aromatic carbocycles. The van der Waals surface area contributed by atoms with E-state index in [1.54, 1.807) is 30.9 Å². The van der Waals surface area contributed by atoms with Crippen LogP contribution >= 0.6 is 0 Å². The van der Waals surface area contributed by atoms with Crippen LogP contribution in [0.1, 0.15) is 43.8 Å². The fourth-order valence-corrected chi connectivity index (χ4v) is 4.01. The van der Waals surface area contributed by atoms with Gasteiger partial charge in [0.25, 0.3) is 5.91 Å². The molecule has 2 aliphatic rings. The SMILES string of the molecule is Cc1ccc(C2(C)NC(=O)N(CC(=O)N(Cc3ccccc3)C(C)C3CC3)C2=O)o1. The number of imide groups is 1. The highest BCUT2D eigenvalue weighted by atomic mass is 16.3. The number of benzene rings is 1. The van der Waals surface area contributed by atoms with Crippen LogP contribution in [0.25, 0.3) is 0 Å². The molecule has 158 valence electrons. The van der Waals surface area contributed by atoms with Crippen molar-refractivity contribution in [2.24, 2.45) is 5.92 Å². The van der Waals surface area contributed by atoms with Gasteiger partial charge in [0.15, 0.2) is 5.54 Å². The standard InChI is InChI=1S/C23H27N3O4/c1-15-9-12-19(30-15)23(3)21(28)26(22(29)24-23)14-20(27)25(16(2)18-10-11-18)13-17-7-5-4-6-8-17/h4-9,12,16,18H,10-11,13-14H2,1-3H3,(H,24,29). The second-order valence-corrected chi connectivity index (χ2v) is 8.44. The lowest BCUT2D eigenvalue weighted by molar-refractivity contribution is -0.141. The van der Waals surface area contributed by atoms with Gasteiger partial charge in [-0.15, -0.1) is 0 Å². The smallest absolute Gasteiger partial charge is 0.325 e. The minimum absolute atomic E-state index is 0.0533. The minimum Gasteiger partial charge on any atom is -0.463 e. The van der Waals surface area contributed by atoms with E-state index in [9.17, 15) is 14.4 Å². The highest BCUT2D eigenvalue weighted by Crippen LogP contribution is 2.36. The van der Waals surface area contributed by atoms with E-state index < -0.39 is 17.5 Å². The molecule has 2 unspecified atom stereocenters. The van der Waals surface area contributed by atoms with Crippen molar-refractivity contribution in [1.29, 1.82) is 0 Å². The second kappa shape index (κ2) is 7.63. The molecule has 1 saturated heterocycles. The topological polar surface area (TPSA) is 82.9 Å². The highest BCUT2D eigenvalue weighted by molar-refractivity contribution is 6.08. The Kier molecular flexibility index (Phi) is 5.13. The van der Waals surface area contributed by atoms with Crippen molar-refractivity contribution in [3.63, 3.8) is 0 Å². The van der Waals surface area contributed by atoms with Gasteiger partial charge in [0.05, 0.1) is 0 Å². The van der Waals surface area contributed by atoms with Gasteiger partial charge in [-0.3, -0.25) is 14.5 Å². The van der Waals surface area contributed by atoms with Crippen molar-refractivity contribution in [3.05, 3.63) is 59.5 Å². The summed E-state index contributed by atoms with van der Waals surface area (Å²) in [5.74, 6) is 0.767. The Labute approximate surface area is 176 Å². The Balaban J connectivity index is 1.53. The number of hydrogen-bond donors (Lipinski definition) is 1. The molecule has 1 aliphatic heterocycles. The molecule has 4 rings (SSSR count). The van der Waals surface area contributed by atoms with Crippen LogP contribution in [0.5, 0.6) is 0 Å². The van der Waals surface area contributed by atoms with Crippen LogP contribution in [0.4, 0.5) is 4.79 Å². The van der Waals surface area contributed by atoms with Crippen molar-refractivity contribution < 1.29 is 18.8 Å². The van der Waals surface area contributed by atoms with E-state index in [1.165, 1.54) is 0 Å². The summed E-state index contributed by atoms with van der Waals surface area (Å²) < 4.78 is 5.59. The van der Waals surface area contributed by atoms with Crippen LogP contribution in [0.3, 0.4) is 0 Å². The first-order chi connectivity index (χ1) is 14.3. The van der Waals surface area contributed by atoms with Crippen molar-refractivity contribution in [2.45, 2.75) is 51.7 Å². The molecule has 2 aromatic rings. The Morgan fingerprint density at radius 2 is 1.93 bits per heavy atom. The number of carbonyl (C=O) groups is 3. The molecule has 30 heavy (non-hydrogen) atoms. The van der Waals surface area contributed by atoms with E-state index in [2.05, 4.69) is 5.32 Å². The number of furan rings is 1. The fourth-order valence-electron chi connectivity index (χ4n) is 4.01. The molecular formula is C23H27N3O4. The van der Waals surface area contributed by atoms with Crippen molar-refractivity contribution >= 4 is 17.8 Å². The van der Waals surface area contributed by atoms with Gasteiger partial charge in [-0.25, -0.2) is 4.79 Å². The average molecular weight is 409 g/mol. The van der Waals surface area contributed by atoms with Crippen LogP contribution in [0.15, 0.2) is 46.9 Å². The predicted molar refractivity (Wildman–Crippen MR) is 110 cm³/mol. The maximum absolute atomic E-state index is 13.2. The molecule has 1 N–H and O–H groups in total. The quantitative estimate of drug-likeness (QED) is 0.712. The summed E-state index contributed by atoms with van der Waals surface area (Å²) in [6.45, 7) is 5.58. The Morgan fingerprint density at radius 3 is 2.53 bits per heavy atom. The van der Waals surface area contributed by atoms with Gasteiger partial charge in [0.1, 0.15) is 18.1 Å². The van der Waals surface area contributed by atoms with Crippen LogP contribution in [-0.4, -0.2) is 40.2 Å². The molecule has 7 nitrogen and oxygen atoms in total. The number of amides is 4. The molecule has 1 aromatic heterocycles. The second-order valence-electron chi connectivity index (χ2n) is 8.44. The number of hydrogen-bond acceptors (Lipinski definition) is 4. The third kappa shape index (κ3) is 3.72. The molecule has 0 spiro atoms. The molecular weight excluding hydrogens is 382 g/mol. The third-order valence-corrected chi connectivity index (χ3v) is 6.11. The number of carbonyl (C=O) groups excluding carboxylic acids is 3. The highest BCUT2D eigenvalue weighted by Gasteiger charge is 2.52. The summed E-state index contributed by atoms with van der Waals surface area (Å²) in [6, 6.07) is 12.7. The van der Waals surface area contributed by atoms with E-state index in [0.29, 0.717) is 24.0 Å².